The number of nitrogens with one attached hydrogen (secondary N) is 2. The number of nitrogens with zero attached hydrogens (tertiary/aromatic N) is 3. The van der Waals surface area contributed by atoms with E-state index in [0.29, 0.717) is 17.4 Å². The first-order valence-electron chi connectivity index (χ1n) is 9.53. The number of benzene rings is 2. The van der Waals surface area contributed by atoms with Crippen molar-refractivity contribution in [2.45, 2.75) is 13.8 Å². The number of ether oxygens (including phenoxy) is 1. The van der Waals surface area contributed by atoms with Crippen LogP contribution in [0.3, 0.4) is 0 Å². The van der Waals surface area contributed by atoms with Gasteiger partial charge in [-0.3, -0.25) is 4.79 Å². The van der Waals surface area contributed by atoms with Crippen molar-refractivity contribution >= 4 is 28.9 Å². The number of carbonyl (C=O) groups excluding carboxylic acids is 1. The first-order valence-corrected chi connectivity index (χ1v) is 9.53. The molecule has 0 saturated carbocycles. The molecule has 0 spiro atoms. The van der Waals surface area contributed by atoms with Crippen LogP contribution in [0.25, 0.3) is 0 Å². The van der Waals surface area contributed by atoms with Gasteiger partial charge in [-0.1, -0.05) is 6.07 Å². The number of anilines is 4. The molecule has 0 radical (unpaired) electrons. The van der Waals surface area contributed by atoms with Gasteiger partial charge >= 0.3 is 0 Å². The van der Waals surface area contributed by atoms with E-state index in [4.69, 9.17) is 4.74 Å². The topological polar surface area (TPSA) is 79.4 Å². The Kier molecular flexibility index (Phi) is 6.63. The summed E-state index contributed by atoms with van der Waals surface area (Å²) in [7, 11) is 1.58. The van der Waals surface area contributed by atoms with Crippen LogP contribution in [0, 0.1) is 0 Å². The molecule has 0 saturated heterocycles. The molecular formula is C22H25N5O2. The molecule has 0 fully saturated rings. The van der Waals surface area contributed by atoms with Gasteiger partial charge in [0.05, 0.1) is 7.11 Å². The van der Waals surface area contributed by atoms with E-state index in [1.165, 1.54) is 0 Å². The maximum Gasteiger partial charge on any atom is 0.274 e. The Hall–Kier alpha value is -3.61. The summed E-state index contributed by atoms with van der Waals surface area (Å²) in [5.41, 5.74) is 2.92. The van der Waals surface area contributed by atoms with E-state index in [-0.39, 0.29) is 11.6 Å². The Morgan fingerprint density at radius 2 is 1.79 bits per heavy atom. The Morgan fingerprint density at radius 3 is 2.48 bits per heavy atom. The third kappa shape index (κ3) is 5.22. The Morgan fingerprint density at radius 1 is 1.03 bits per heavy atom. The number of hydrogen-bond donors (Lipinski definition) is 2. The van der Waals surface area contributed by atoms with Crippen LogP contribution >= 0.6 is 0 Å². The lowest BCUT2D eigenvalue weighted by Gasteiger charge is -2.21. The molecule has 0 aliphatic carbocycles. The minimum Gasteiger partial charge on any atom is -0.497 e. The first kappa shape index (κ1) is 20.1. The van der Waals surface area contributed by atoms with Crippen molar-refractivity contribution in [2.24, 2.45) is 0 Å². The van der Waals surface area contributed by atoms with Gasteiger partial charge in [0, 0.05) is 42.4 Å². The number of aromatic nitrogens is 2. The normalized spacial score (nSPS) is 10.3. The molecule has 0 aliphatic rings. The van der Waals surface area contributed by atoms with E-state index in [2.05, 4.69) is 51.5 Å². The fourth-order valence-electron chi connectivity index (χ4n) is 2.91. The van der Waals surface area contributed by atoms with Gasteiger partial charge in [0.25, 0.3) is 5.91 Å². The molecule has 3 aromatic rings. The quantitative estimate of drug-likeness (QED) is 0.595. The van der Waals surface area contributed by atoms with Crippen LogP contribution in [0.4, 0.5) is 23.0 Å². The standard InChI is InChI=1S/C22H25N5O2/c1-4-27(5-2)18-11-9-16(10-12-18)25-22-23-14-13-20(26-22)21(28)24-17-7-6-8-19(15-17)29-3/h6-15H,4-5H2,1-3H3,(H,24,28)(H,23,25,26). The van der Waals surface area contributed by atoms with Crippen LogP contribution in [0.5, 0.6) is 5.75 Å². The van der Waals surface area contributed by atoms with Gasteiger partial charge in [0.1, 0.15) is 11.4 Å². The smallest absolute Gasteiger partial charge is 0.274 e. The van der Waals surface area contributed by atoms with Crippen molar-refractivity contribution in [1.29, 1.82) is 0 Å². The Balaban J connectivity index is 1.69. The molecular weight excluding hydrogens is 366 g/mol. The maximum absolute atomic E-state index is 12.5. The van der Waals surface area contributed by atoms with E-state index in [0.717, 1.165) is 24.5 Å². The highest BCUT2D eigenvalue weighted by atomic mass is 16.5. The van der Waals surface area contributed by atoms with Gasteiger partial charge in [-0.25, -0.2) is 9.97 Å². The third-order valence-corrected chi connectivity index (χ3v) is 4.47. The summed E-state index contributed by atoms with van der Waals surface area (Å²) in [5, 5.41) is 5.96. The monoisotopic (exact) mass is 391 g/mol. The summed E-state index contributed by atoms with van der Waals surface area (Å²) in [6.45, 7) is 6.17. The molecule has 7 nitrogen and oxygen atoms in total. The van der Waals surface area contributed by atoms with Gasteiger partial charge in [-0.2, -0.15) is 0 Å². The lowest BCUT2D eigenvalue weighted by molar-refractivity contribution is 0.102. The van der Waals surface area contributed by atoms with Crippen molar-refractivity contribution in [2.75, 3.05) is 35.7 Å². The number of hydrogen-bond acceptors (Lipinski definition) is 6. The fraction of sp³-hybridized carbons (Fsp3) is 0.227. The average Bonchev–Trinajstić information content (AvgIpc) is 2.76. The third-order valence-electron chi connectivity index (χ3n) is 4.47. The SMILES string of the molecule is CCN(CC)c1ccc(Nc2nccc(C(=O)Nc3cccc(OC)c3)n2)cc1. The second-order valence-electron chi connectivity index (χ2n) is 6.30. The zero-order chi connectivity index (χ0) is 20.6. The molecule has 7 heteroatoms. The van der Waals surface area contributed by atoms with Crippen LogP contribution < -0.4 is 20.3 Å². The minimum atomic E-state index is -0.319. The Bertz CT molecular complexity index is 955. The fourth-order valence-corrected chi connectivity index (χ4v) is 2.91. The number of methoxy groups -OCH3 is 1. The van der Waals surface area contributed by atoms with Crippen molar-refractivity contribution in [1.82, 2.24) is 9.97 Å². The summed E-state index contributed by atoms with van der Waals surface area (Å²) >= 11 is 0. The molecule has 1 heterocycles. The van der Waals surface area contributed by atoms with Crippen LogP contribution in [0.2, 0.25) is 0 Å². The zero-order valence-corrected chi connectivity index (χ0v) is 16.8. The molecule has 2 N–H and O–H groups in total. The van der Waals surface area contributed by atoms with Gasteiger partial charge in [-0.15, -0.1) is 0 Å². The minimum absolute atomic E-state index is 0.269. The molecule has 0 atom stereocenters. The predicted octanol–water partition coefficient (Wildman–Crippen LogP) is 4.33. The summed E-state index contributed by atoms with van der Waals surface area (Å²) < 4.78 is 5.18. The van der Waals surface area contributed by atoms with Crippen LogP contribution in [-0.2, 0) is 0 Å². The van der Waals surface area contributed by atoms with Crippen molar-refractivity contribution in [3.05, 3.63) is 66.5 Å². The summed E-state index contributed by atoms with van der Waals surface area (Å²) in [5.74, 6) is 0.709. The molecule has 1 aromatic heterocycles. The molecule has 2 aromatic carbocycles. The highest BCUT2D eigenvalue weighted by Crippen LogP contribution is 2.20. The van der Waals surface area contributed by atoms with Crippen LogP contribution in [0.1, 0.15) is 24.3 Å². The van der Waals surface area contributed by atoms with Crippen molar-refractivity contribution in [3.8, 4) is 5.75 Å². The van der Waals surface area contributed by atoms with Crippen molar-refractivity contribution < 1.29 is 9.53 Å². The molecule has 150 valence electrons. The second-order valence-corrected chi connectivity index (χ2v) is 6.30. The number of rotatable bonds is 8. The molecule has 1 amide bonds. The van der Waals surface area contributed by atoms with E-state index < -0.39 is 0 Å². The molecule has 0 aliphatic heterocycles. The van der Waals surface area contributed by atoms with Crippen LogP contribution in [0.15, 0.2) is 60.8 Å². The number of amides is 1. The largest absolute Gasteiger partial charge is 0.497 e. The van der Waals surface area contributed by atoms with Crippen molar-refractivity contribution in [3.63, 3.8) is 0 Å². The highest BCUT2D eigenvalue weighted by Gasteiger charge is 2.10. The molecule has 0 unspecified atom stereocenters. The van der Waals surface area contributed by atoms with Gasteiger partial charge in [0.2, 0.25) is 5.95 Å². The van der Waals surface area contributed by atoms with Gasteiger partial charge in [0.15, 0.2) is 0 Å². The Labute approximate surface area is 170 Å². The average molecular weight is 391 g/mol. The van der Waals surface area contributed by atoms with E-state index in [1.54, 1.807) is 31.5 Å². The molecule has 3 rings (SSSR count). The highest BCUT2D eigenvalue weighted by molar-refractivity contribution is 6.03. The lowest BCUT2D eigenvalue weighted by atomic mass is 10.2. The molecule has 0 bridgehead atoms. The van der Waals surface area contributed by atoms with Gasteiger partial charge < -0.3 is 20.3 Å². The second kappa shape index (κ2) is 9.54. The van der Waals surface area contributed by atoms with Gasteiger partial charge in [-0.05, 0) is 56.3 Å². The van der Waals surface area contributed by atoms with E-state index >= 15 is 0 Å². The molecule has 29 heavy (non-hydrogen) atoms. The summed E-state index contributed by atoms with van der Waals surface area (Å²) in [6.07, 6.45) is 1.56. The van der Waals surface area contributed by atoms with E-state index in [1.807, 2.05) is 24.3 Å². The summed E-state index contributed by atoms with van der Waals surface area (Å²) in [6, 6.07) is 16.8. The number of carbonyl (C=O) groups is 1. The lowest BCUT2D eigenvalue weighted by Crippen LogP contribution is -2.21. The van der Waals surface area contributed by atoms with Crippen LogP contribution in [-0.4, -0.2) is 36.1 Å². The predicted molar refractivity (Wildman–Crippen MR) is 116 cm³/mol. The van der Waals surface area contributed by atoms with E-state index in [9.17, 15) is 4.79 Å². The summed E-state index contributed by atoms with van der Waals surface area (Å²) in [4.78, 5) is 23.3. The zero-order valence-electron chi connectivity index (χ0n) is 16.8. The first-order chi connectivity index (χ1) is 14.1. The maximum atomic E-state index is 12.5.